The average Bonchev–Trinajstić information content (AvgIpc) is 3.04. The van der Waals surface area contributed by atoms with Crippen molar-refractivity contribution in [1.29, 1.82) is 0 Å². The number of anilines is 1. The Morgan fingerprint density at radius 1 is 0.885 bits per heavy atom. The lowest BCUT2D eigenvalue weighted by atomic mass is 10.1. The van der Waals surface area contributed by atoms with E-state index in [1.165, 1.54) is 16.7 Å². The first-order valence-corrected chi connectivity index (χ1v) is 8.70. The number of nitrogens with zero attached hydrogens (tertiary/aromatic N) is 3. The highest BCUT2D eigenvalue weighted by atomic mass is 15.1. The first-order chi connectivity index (χ1) is 12.7. The van der Waals surface area contributed by atoms with Gasteiger partial charge in [-0.1, -0.05) is 29.8 Å². The van der Waals surface area contributed by atoms with Crippen LogP contribution in [0.5, 0.6) is 0 Å². The average molecular weight is 343 g/mol. The van der Waals surface area contributed by atoms with Crippen LogP contribution < -0.4 is 5.32 Å². The van der Waals surface area contributed by atoms with Crippen molar-refractivity contribution in [3.05, 3.63) is 82.9 Å². The number of aromatic amines is 1. The van der Waals surface area contributed by atoms with Crippen LogP contribution in [0.1, 0.15) is 27.8 Å². The largest absolute Gasteiger partial charge is 0.350 e. The minimum absolute atomic E-state index is 0.644. The molecule has 0 amide bonds. The summed E-state index contributed by atoms with van der Waals surface area (Å²) in [6, 6.07) is 10.6. The first-order valence-electron chi connectivity index (χ1n) is 8.70. The molecule has 0 radical (unpaired) electrons. The summed E-state index contributed by atoms with van der Waals surface area (Å²) < 4.78 is 0. The van der Waals surface area contributed by atoms with Gasteiger partial charge in [-0.15, -0.1) is 0 Å². The van der Waals surface area contributed by atoms with Gasteiger partial charge in [0.15, 0.2) is 0 Å². The molecule has 2 N–H and O–H groups in total. The third-order valence-corrected chi connectivity index (χ3v) is 4.42. The zero-order valence-corrected chi connectivity index (χ0v) is 15.0. The smallest absolute Gasteiger partial charge is 0.222 e. The Balaban J connectivity index is 1.43. The molecule has 0 aliphatic heterocycles. The number of H-pyrrole nitrogens is 1. The standard InChI is InChI=1S/C21H21N5/c1-14-3-5-16(6-4-14)10-24-21-25-11-17(12-26-21)8-18-13-23-20-19(18)7-15(2)9-22-20/h3-7,9,11-13H,8,10H2,1-2H3,(H,22,23)(H,24,25,26). The van der Waals surface area contributed by atoms with E-state index in [0.717, 1.165) is 28.6 Å². The number of hydrogen-bond acceptors (Lipinski definition) is 4. The summed E-state index contributed by atoms with van der Waals surface area (Å²) in [4.78, 5) is 16.5. The molecule has 130 valence electrons. The van der Waals surface area contributed by atoms with Crippen molar-refractivity contribution in [2.75, 3.05) is 5.32 Å². The van der Waals surface area contributed by atoms with Crippen LogP contribution in [0.3, 0.4) is 0 Å². The van der Waals surface area contributed by atoms with Crippen molar-refractivity contribution in [3.63, 3.8) is 0 Å². The predicted molar refractivity (Wildman–Crippen MR) is 104 cm³/mol. The van der Waals surface area contributed by atoms with Crippen LogP contribution in [0.15, 0.2) is 55.1 Å². The van der Waals surface area contributed by atoms with E-state index in [1.807, 2.05) is 24.8 Å². The summed E-state index contributed by atoms with van der Waals surface area (Å²) in [5.41, 5.74) is 6.84. The SMILES string of the molecule is Cc1ccc(CNc2ncc(Cc3c[nH]c4ncc(C)cc34)cn2)cc1. The van der Waals surface area contributed by atoms with Crippen LogP contribution in [-0.4, -0.2) is 19.9 Å². The molecule has 4 rings (SSSR count). The Bertz CT molecular complexity index is 1020. The van der Waals surface area contributed by atoms with E-state index in [1.54, 1.807) is 0 Å². The van der Waals surface area contributed by atoms with Crippen LogP contribution in [0, 0.1) is 13.8 Å². The summed E-state index contributed by atoms with van der Waals surface area (Å²) >= 11 is 0. The molecule has 0 aliphatic rings. The van der Waals surface area contributed by atoms with E-state index in [4.69, 9.17) is 0 Å². The molecule has 0 atom stereocenters. The third kappa shape index (κ3) is 3.57. The highest BCUT2D eigenvalue weighted by molar-refractivity contribution is 5.80. The molecule has 5 nitrogen and oxygen atoms in total. The molecule has 26 heavy (non-hydrogen) atoms. The fourth-order valence-corrected chi connectivity index (χ4v) is 2.95. The second-order valence-electron chi connectivity index (χ2n) is 6.65. The van der Waals surface area contributed by atoms with Gasteiger partial charge in [-0.05, 0) is 42.2 Å². The highest BCUT2D eigenvalue weighted by Gasteiger charge is 2.07. The van der Waals surface area contributed by atoms with Gasteiger partial charge in [-0.2, -0.15) is 0 Å². The molecule has 4 aromatic rings. The molecule has 0 bridgehead atoms. The zero-order chi connectivity index (χ0) is 17.9. The highest BCUT2D eigenvalue weighted by Crippen LogP contribution is 2.20. The van der Waals surface area contributed by atoms with Gasteiger partial charge in [0, 0.05) is 43.1 Å². The Labute approximate surface area is 152 Å². The fraction of sp³-hybridized carbons (Fsp3) is 0.190. The monoisotopic (exact) mass is 343 g/mol. The molecule has 0 fully saturated rings. The molecule has 5 heteroatoms. The lowest BCUT2D eigenvalue weighted by molar-refractivity contribution is 1.02. The van der Waals surface area contributed by atoms with E-state index in [2.05, 4.69) is 69.4 Å². The van der Waals surface area contributed by atoms with Gasteiger partial charge in [-0.25, -0.2) is 15.0 Å². The second kappa shape index (κ2) is 6.96. The maximum atomic E-state index is 4.44. The molecule has 0 aliphatic carbocycles. The number of aromatic nitrogens is 4. The normalized spacial score (nSPS) is 11.0. The van der Waals surface area contributed by atoms with Crippen LogP contribution in [0.2, 0.25) is 0 Å². The van der Waals surface area contributed by atoms with Gasteiger partial charge in [-0.3, -0.25) is 0 Å². The van der Waals surface area contributed by atoms with Crippen LogP contribution in [-0.2, 0) is 13.0 Å². The van der Waals surface area contributed by atoms with E-state index in [9.17, 15) is 0 Å². The number of benzene rings is 1. The molecular formula is C21H21N5. The number of pyridine rings is 1. The molecule has 3 heterocycles. The summed E-state index contributed by atoms with van der Waals surface area (Å²) in [6.45, 7) is 4.86. The molecule has 0 unspecified atom stereocenters. The number of aryl methyl sites for hydroxylation is 2. The molecule has 3 aromatic heterocycles. The van der Waals surface area contributed by atoms with E-state index in [-0.39, 0.29) is 0 Å². The Morgan fingerprint density at radius 3 is 2.42 bits per heavy atom. The Morgan fingerprint density at radius 2 is 1.65 bits per heavy atom. The van der Waals surface area contributed by atoms with E-state index < -0.39 is 0 Å². The van der Waals surface area contributed by atoms with Crippen molar-refractivity contribution >= 4 is 17.0 Å². The second-order valence-corrected chi connectivity index (χ2v) is 6.65. The Hall–Kier alpha value is -3.21. The van der Waals surface area contributed by atoms with Gasteiger partial charge < -0.3 is 10.3 Å². The summed E-state index contributed by atoms with van der Waals surface area (Å²) in [5, 5.41) is 4.42. The van der Waals surface area contributed by atoms with Crippen LogP contribution >= 0.6 is 0 Å². The minimum atomic E-state index is 0.644. The molecule has 0 saturated heterocycles. The van der Waals surface area contributed by atoms with Crippen molar-refractivity contribution in [2.45, 2.75) is 26.8 Å². The quantitative estimate of drug-likeness (QED) is 0.571. The zero-order valence-electron chi connectivity index (χ0n) is 15.0. The molecule has 0 saturated carbocycles. The minimum Gasteiger partial charge on any atom is -0.350 e. The van der Waals surface area contributed by atoms with Crippen LogP contribution in [0.4, 0.5) is 5.95 Å². The van der Waals surface area contributed by atoms with Crippen molar-refractivity contribution in [1.82, 2.24) is 19.9 Å². The third-order valence-electron chi connectivity index (χ3n) is 4.42. The topological polar surface area (TPSA) is 66.5 Å². The lowest BCUT2D eigenvalue weighted by Crippen LogP contribution is -2.04. The Kier molecular flexibility index (Phi) is 4.35. The number of rotatable bonds is 5. The van der Waals surface area contributed by atoms with Gasteiger partial charge in [0.1, 0.15) is 5.65 Å². The van der Waals surface area contributed by atoms with Gasteiger partial charge >= 0.3 is 0 Å². The number of fused-ring (bicyclic) bond motifs is 1. The van der Waals surface area contributed by atoms with E-state index >= 15 is 0 Å². The van der Waals surface area contributed by atoms with Gasteiger partial charge in [0.25, 0.3) is 0 Å². The number of nitrogens with one attached hydrogen (secondary N) is 2. The summed E-state index contributed by atoms with van der Waals surface area (Å²) in [7, 11) is 0. The van der Waals surface area contributed by atoms with E-state index in [0.29, 0.717) is 12.5 Å². The number of hydrogen-bond donors (Lipinski definition) is 2. The van der Waals surface area contributed by atoms with Crippen LogP contribution in [0.25, 0.3) is 11.0 Å². The maximum Gasteiger partial charge on any atom is 0.222 e. The first kappa shape index (κ1) is 16.3. The molecule has 0 spiro atoms. The van der Waals surface area contributed by atoms with Gasteiger partial charge in [0.05, 0.1) is 0 Å². The van der Waals surface area contributed by atoms with Gasteiger partial charge in [0.2, 0.25) is 5.95 Å². The van der Waals surface area contributed by atoms with Crippen molar-refractivity contribution in [3.8, 4) is 0 Å². The fourth-order valence-electron chi connectivity index (χ4n) is 2.95. The van der Waals surface area contributed by atoms with Crippen molar-refractivity contribution in [2.24, 2.45) is 0 Å². The molecule has 1 aromatic carbocycles. The lowest BCUT2D eigenvalue weighted by Gasteiger charge is -2.06. The molecular weight excluding hydrogens is 322 g/mol. The summed E-state index contributed by atoms with van der Waals surface area (Å²) in [5.74, 6) is 0.644. The maximum absolute atomic E-state index is 4.44. The van der Waals surface area contributed by atoms with Crippen molar-refractivity contribution < 1.29 is 0 Å². The predicted octanol–water partition coefficient (Wildman–Crippen LogP) is 4.17. The summed E-state index contributed by atoms with van der Waals surface area (Å²) in [6.07, 6.45) is 8.43.